The van der Waals surface area contributed by atoms with Gasteiger partial charge in [-0.2, -0.15) is 0 Å². The Bertz CT molecular complexity index is 790. The number of piperazine rings is 1. The standard InChI is InChI=1S/C19H23F2N5S/c20-17(21)15-9-16(24-18(23-15)12-1-2-12)26-7-5-25(6-8-26)10-14-11-27-19(22-14)13-3-4-13/h9,11-13,17H,1-8,10H2. The molecule has 0 N–H and O–H groups in total. The van der Waals surface area contributed by atoms with Crippen molar-refractivity contribution >= 4 is 17.2 Å². The lowest BCUT2D eigenvalue weighted by atomic mass is 10.2. The topological polar surface area (TPSA) is 45.2 Å². The average molecular weight is 391 g/mol. The second kappa shape index (κ2) is 7.05. The summed E-state index contributed by atoms with van der Waals surface area (Å²) in [6, 6.07) is 1.47. The van der Waals surface area contributed by atoms with Crippen LogP contribution < -0.4 is 4.90 Å². The molecule has 1 saturated heterocycles. The first-order chi connectivity index (χ1) is 13.2. The summed E-state index contributed by atoms with van der Waals surface area (Å²) in [7, 11) is 0. The van der Waals surface area contributed by atoms with E-state index < -0.39 is 6.43 Å². The minimum Gasteiger partial charge on any atom is -0.354 e. The SMILES string of the molecule is FC(F)c1cc(N2CCN(Cc3csc(C4CC4)n3)CC2)nc(C2CC2)n1. The van der Waals surface area contributed by atoms with Gasteiger partial charge in [0.15, 0.2) is 0 Å². The van der Waals surface area contributed by atoms with Crippen molar-refractivity contribution in [2.45, 2.75) is 50.5 Å². The Hall–Kier alpha value is -1.67. The maximum atomic E-state index is 13.2. The van der Waals surface area contributed by atoms with E-state index in [1.165, 1.54) is 23.9 Å². The summed E-state index contributed by atoms with van der Waals surface area (Å²) < 4.78 is 26.4. The number of hydrogen-bond acceptors (Lipinski definition) is 6. The van der Waals surface area contributed by atoms with Gasteiger partial charge in [-0.15, -0.1) is 11.3 Å². The molecular weight excluding hydrogens is 368 g/mol. The minimum atomic E-state index is -2.55. The summed E-state index contributed by atoms with van der Waals surface area (Å²) >= 11 is 1.78. The summed E-state index contributed by atoms with van der Waals surface area (Å²) in [5.74, 6) is 2.24. The van der Waals surface area contributed by atoms with Crippen molar-refractivity contribution < 1.29 is 8.78 Å². The molecule has 3 heterocycles. The van der Waals surface area contributed by atoms with Crippen molar-refractivity contribution in [2.75, 3.05) is 31.1 Å². The third kappa shape index (κ3) is 3.96. The second-order valence-corrected chi connectivity index (χ2v) is 8.69. The van der Waals surface area contributed by atoms with Crippen LogP contribution in [-0.4, -0.2) is 46.0 Å². The Morgan fingerprint density at radius 2 is 1.74 bits per heavy atom. The van der Waals surface area contributed by atoms with E-state index in [1.54, 1.807) is 11.3 Å². The fraction of sp³-hybridized carbons (Fsp3) is 0.632. The predicted molar refractivity (Wildman–Crippen MR) is 101 cm³/mol. The van der Waals surface area contributed by atoms with Crippen LogP contribution in [0.25, 0.3) is 0 Å². The van der Waals surface area contributed by atoms with Crippen LogP contribution in [0.1, 0.15) is 66.2 Å². The molecule has 2 saturated carbocycles. The molecule has 5 rings (SSSR count). The maximum Gasteiger partial charge on any atom is 0.280 e. The molecule has 1 aliphatic heterocycles. The largest absolute Gasteiger partial charge is 0.354 e. The molecule has 0 atom stereocenters. The van der Waals surface area contributed by atoms with Crippen LogP contribution in [0.15, 0.2) is 11.4 Å². The van der Waals surface area contributed by atoms with Gasteiger partial charge in [0.25, 0.3) is 6.43 Å². The molecule has 2 aliphatic carbocycles. The van der Waals surface area contributed by atoms with E-state index in [1.807, 2.05) is 0 Å². The van der Waals surface area contributed by atoms with Crippen LogP contribution >= 0.6 is 11.3 Å². The highest BCUT2D eigenvalue weighted by Gasteiger charge is 2.30. The smallest absolute Gasteiger partial charge is 0.280 e. The van der Waals surface area contributed by atoms with Gasteiger partial charge in [0.05, 0.1) is 10.7 Å². The lowest BCUT2D eigenvalue weighted by molar-refractivity contribution is 0.145. The molecule has 27 heavy (non-hydrogen) atoms. The molecular formula is C19H23F2N5S. The van der Waals surface area contributed by atoms with Gasteiger partial charge < -0.3 is 4.90 Å². The van der Waals surface area contributed by atoms with Gasteiger partial charge in [0, 0.05) is 56.0 Å². The van der Waals surface area contributed by atoms with Gasteiger partial charge in [-0.05, 0) is 25.7 Å². The van der Waals surface area contributed by atoms with Crippen LogP contribution in [-0.2, 0) is 6.54 Å². The lowest BCUT2D eigenvalue weighted by Crippen LogP contribution is -2.46. The van der Waals surface area contributed by atoms with Crippen molar-refractivity contribution in [2.24, 2.45) is 0 Å². The number of aromatic nitrogens is 3. The second-order valence-electron chi connectivity index (χ2n) is 7.80. The fourth-order valence-corrected chi connectivity index (χ4v) is 4.53. The molecule has 0 spiro atoms. The third-order valence-electron chi connectivity index (χ3n) is 5.49. The number of anilines is 1. The first kappa shape index (κ1) is 17.4. The summed E-state index contributed by atoms with van der Waals surface area (Å²) in [6.07, 6.45) is 2.05. The van der Waals surface area contributed by atoms with E-state index in [0.717, 1.165) is 51.3 Å². The van der Waals surface area contributed by atoms with Crippen molar-refractivity contribution in [1.82, 2.24) is 19.9 Å². The quantitative estimate of drug-likeness (QED) is 0.746. The van der Waals surface area contributed by atoms with Crippen LogP contribution in [0.2, 0.25) is 0 Å². The van der Waals surface area contributed by atoms with Crippen LogP contribution in [0.4, 0.5) is 14.6 Å². The van der Waals surface area contributed by atoms with Crippen molar-refractivity contribution in [1.29, 1.82) is 0 Å². The molecule has 0 amide bonds. The molecule has 8 heteroatoms. The number of nitrogens with zero attached hydrogens (tertiary/aromatic N) is 5. The molecule has 144 valence electrons. The Morgan fingerprint density at radius 1 is 1.00 bits per heavy atom. The van der Waals surface area contributed by atoms with E-state index >= 15 is 0 Å². The Labute approximate surface area is 161 Å². The zero-order valence-electron chi connectivity index (χ0n) is 15.2. The number of alkyl halides is 2. The van der Waals surface area contributed by atoms with E-state index in [4.69, 9.17) is 4.98 Å². The molecule has 0 aromatic carbocycles. The molecule has 3 fully saturated rings. The lowest BCUT2D eigenvalue weighted by Gasteiger charge is -2.35. The zero-order chi connectivity index (χ0) is 18.4. The molecule has 0 bridgehead atoms. The third-order valence-corrected chi connectivity index (χ3v) is 6.55. The van der Waals surface area contributed by atoms with Crippen LogP contribution in [0, 0.1) is 0 Å². The van der Waals surface area contributed by atoms with E-state index in [0.29, 0.717) is 17.6 Å². The molecule has 3 aliphatic rings. The van der Waals surface area contributed by atoms with Gasteiger partial charge in [-0.3, -0.25) is 4.90 Å². The molecule has 2 aromatic rings. The minimum absolute atomic E-state index is 0.139. The van der Waals surface area contributed by atoms with Gasteiger partial charge in [0.2, 0.25) is 0 Å². The van der Waals surface area contributed by atoms with Crippen LogP contribution in [0.3, 0.4) is 0 Å². The molecule has 0 radical (unpaired) electrons. The summed E-state index contributed by atoms with van der Waals surface area (Å²) in [5.41, 5.74) is 1.02. The highest BCUT2D eigenvalue weighted by atomic mass is 32.1. The Morgan fingerprint density at radius 3 is 2.41 bits per heavy atom. The summed E-state index contributed by atoms with van der Waals surface area (Å²) in [5, 5.41) is 3.47. The summed E-state index contributed by atoms with van der Waals surface area (Å²) in [4.78, 5) is 17.9. The zero-order valence-corrected chi connectivity index (χ0v) is 16.0. The number of thiazole rings is 1. The van der Waals surface area contributed by atoms with Gasteiger partial charge in [-0.1, -0.05) is 0 Å². The van der Waals surface area contributed by atoms with Gasteiger partial charge in [-0.25, -0.2) is 23.7 Å². The first-order valence-corrected chi connectivity index (χ1v) is 10.6. The summed E-state index contributed by atoms with van der Waals surface area (Å²) in [6.45, 7) is 4.25. The van der Waals surface area contributed by atoms with Crippen LogP contribution in [0.5, 0.6) is 0 Å². The number of rotatable bonds is 6. The predicted octanol–water partition coefficient (Wildman–Crippen LogP) is 3.95. The van der Waals surface area contributed by atoms with Gasteiger partial charge in [0.1, 0.15) is 17.3 Å². The van der Waals surface area contributed by atoms with Gasteiger partial charge >= 0.3 is 0 Å². The Balaban J connectivity index is 1.23. The van der Waals surface area contributed by atoms with E-state index in [-0.39, 0.29) is 11.6 Å². The van der Waals surface area contributed by atoms with Crippen molar-refractivity contribution in [3.63, 3.8) is 0 Å². The first-order valence-electron chi connectivity index (χ1n) is 9.74. The van der Waals surface area contributed by atoms with E-state index in [9.17, 15) is 8.78 Å². The van der Waals surface area contributed by atoms with Crippen molar-refractivity contribution in [3.05, 3.63) is 33.7 Å². The normalized spacial score (nSPS) is 21.2. The average Bonchev–Trinajstić information content (AvgIpc) is 3.60. The maximum absolute atomic E-state index is 13.2. The molecule has 2 aromatic heterocycles. The fourth-order valence-electron chi connectivity index (χ4n) is 3.55. The van der Waals surface area contributed by atoms with E-state index in [2.05, 4.69) is 25.1 Å². The molecule has 0 unspecified atom stereocenters. The monoisotopic (exact) mass is 391 g/mol. The highest BCUT2D eigenvalue weighted by Crippen LogP contribution is 2.41. The number of halogens is 2. The Kier molecular flexibility index (Phi) is 4.55. The molecule has 5 nitrogen and oxygen atoms in total. The number of hydrogen-bond donors (Lipinski definition) is 0. The highest BCUT2D eigenvalue weighted by molar-refractivity contribution is 7.09. The van der Waals surface area contributed by atoms with Crippen molar-refractivity contribution in [3.8, 4) is 0 Å².